The number of nitrogens with zero attached hydrogens (tertiary/aromatic N) is 6. The van der Waals surface area contributed by atoms with Crippen molar-refractivity contribution in [1.82, 2.24) is 15.0 Å². The van der Waals surface area contributed by atoms with Gasteiger partial charge in [-0.25, -0.2) is 23.7 Å². The van der Waals surface area contributed by atoms with Crippen LogP contribution in [0, 0.1) is 39.3 Å². The molecule has 8 heteroatoms. The van der Waals surface area contributed by atoms with Crippen molar-refractivity contribution in [3.8, 4) is 168 Å². The van der Waals surface area contributed by atoms with Crippen molar-refractivity contribution in [2.24, 2.45) is 21.1 Å². The summed E-state index contributed by atoms with van der Waals surface area (Å²) in [7, 11) is 6.28. The van der Waals surface area contributed by atoms with Crippen molar-refractivity contribution in [3.63, 3.8) is 0 Å². The second-order valence-corrected chi connectivity index (χ2v) is 32.2. The third-order valence-electron chi connectivity index (χ3n) is 24.5. The molecule has 0 amide bonds. The predicted octanol–water partition coefficient (Wildman–Crippen LogP) is 27.2. The Morgan fingerprint density at radius 2 is 0.548 bits per heavy atom. The molecule has 19 aromatic rings. The van der Waals surface area contributed by atoms with E-state index in [1.54, 1.807) is 24.3 Å². The van der Waals surface area contributed by atoms with Crippen LogP contribution in [0.1, 0.15) is 44.6 Å². The summed E-state index contributed by atoms with van der Waals surface area (Å²) >= 11 is 0. The van der Waals surface area contributed by atoms with Gasteiger partial charge in [-0.1, -0.05) is 334 Å². The lowest BCUT2D eigenvalue weighted by Gasteiger charge is -2.30. The van der Waals surface area contributed by atoms with Crippen LogP contribution in [0.5, 0.6) is 0 Å². The highest BCUT2D eigenvalue weighted by molar-refractivity contribution is 5.97. The fraction of sp³-hybridized carbons (Fsp3) is 0.0690. The first-order chi connectivity index (χ1) is 60.7. The van der Waals surface area contributed by atoms with E-state index in [0.29, 0.717) is 5.69 Å². The molecule has 6 nitrogen and oxygen atoms in total. The van der Waals surface area contributed by atoms with Crippen molar-refractivity contribution in [2.45, 2.75) is 33.1 Å². The zero-order valence-electron chi connectivity index (χ0n) is 70.2. The minimum atomic E-state index is -0.462. The number of hydrogen-bond acceptors (Lipinski definition) is 3. The molecule has 1 spiro atoms. The third-order valence-corrected chi connectivity index (χ3v) is 24.5. The molecular formula is C116H89F2N6+3. The molecule has 0 fully saturated rings. The average molecular weight is 1610 g/mol. The van der Waals surface area contributed by atoms with Crippen LogP contribution in [0.15, 0.2) is 413 Å². The number of benzene rings is 16. The molecule has 16 aromatic carbocycles. The molecule has 594 valence electrons. The van der Waals surface area contributed by atoms with E-state index in [1.165, 1.54) is 129 Å². The summed E-state index contributed by atoms with van der Waals surface area (Å²) in [6.45, 7) is 8.36. The molecule has 0 aliphatic heterocycles. The molecule has 3 heterocycles. The lowest BCUT2D eigenvalue weighted by atomic mass is 9.70. The van der Waals surface area contributed by atoms with Crippen LogP contribution in [-0.2, 0) is 26.6 Å². The zero-order valence-corrected chi connectivity index (χ0v) is 70.2. The smallest absolute Gasteiger partial charge is 0.234 e. The van der Waals surface area contributed by atoms with Crippen LogP contribution in [0.3, 0.4) is 0 Å². The first-order valence-electron chi connectivity index (χ1n) is 42.2. The first kappa shape index (κ1) is 78.5. The van der Waals surface area contributed by atoms with Gasteiger partial charge in [0.15, 0.2) is 12.4 Å². The number of halogens is 2. The van der Waals surface area contributed by atoms with Crippen molar-refractivity contribution in [2.75, 3.05) is 0 Å². The Hall–Kier alpha value is -15.4. The van der Waals surface area contributed by atoms with Crippen LogP contribution in [-0.4, -0.2) is 15.0 Å². The van der Waals surface area contributed by atoms with Crippen LogP contribution >= 0.6 is 0 Å². The monoisotopic (exact) mass is 1600 g/mol. The molecule has 3 aromatic heterocycles. The Bertz CT molecular complexity index is 7160. The maximum atomic E-state index is 14.3. The largest absolute Gasteiger partial charge is 0.239 e. The highest BCUT2D eigenvalue weighted by Crippen LogP contribution is 2.63. The maximum absolute atomic E-state index is 14.3. The molecule has 0 saturated carbocycles. The van der Waals surface area contributed by atoms with E-state index in [2.05, 4.69) is 407 Å². The van der Waals surface area contributed by atoms with Gasteiger partial charge in [-0.05, 0) is 193 Å². The van der Waals surface area contributed by atoms with Gasteiger partial charge in [0, 0.05) is 40.3 Å². The van der Waals surface area contributed by atoms with Gasteiger partial charge in [-0.3, -0.25) is 0 Å². The standard InChI is InChI=1S/C44H31F2N2.2C36H29N2/c1-26-24-31(46)21-23-32(26)43-42(28-16-19-30(45)20-17-28)47-41(27(2)48(43)3)29-18-22-36-35-12-6-9-15-39(35)44(40(36)25-29)37-13-7-4-10-33(37)34-11-5-8-14-38(34)44;1-26-21-22-31(28-15-8-4-9-16-28)24-33(26)36-35(37-34(25-38(36)2)29-17-10-5-11-18-29)32-20-12-19-30(23-32)27-13-6-3-7-14-27;1-26-24-32(28-14-8-4-9-15-28)22-23-33(26)36-35(37-34(25-38(36)2)30-16-10-5-11-17-30)31-20-18-29(19-21-31)27-12-6-3-7-13-27/h4-25H,1-3H3;2*3-25H,1-2H3/q3*+1. The van der Waals surface area contributed by atoms with Crippen LogP contribution in [0.2, 0.25) is 0 Å². The molecule has 0 radical (unpaired) electrons. The summed E-state index contributed by atoms with van der Waals surface area (Å²) in [6, 6.07) is 138. The number of aromatic nitrogens is 6. The molecule has 0 unspecified atom stereocenters. The van der Waals surface area contributed by atoms with Gasteiger partial charge < -0.3 is 0 Å². The summed E-state index contributed by atoms with van der Waals surface area (Å²) in [6.07, 6.45) is 4.28. The molecule has 124 heavy (non-hydrogen) atoms. The topological polar surface area (TPSA) is 50.3 Å². The van der Waals surface area contributed by atoms with Crippen LogP contribution in [0.25, 0.3) is 168 Å². The summed E-state index contributed by atoms with van der Waals surface area (Å²) in [5.74, 6) is -0.595. The lowest BCUT2D eigenvalue weighted by molar-refractivity contribution is -0.666. The summed E-state index contributed by atoms with van der Waals surface area (Å²) in [4.78, 5) is 15.9. The number of rotatable bonds is 13. The van der Waals surface area contributed by atoms with Crippen LogP contribution < -0.4 is 13.7 Å². The summed E-state index contributed by atoms with van der Waals surface area (Å²) in [5, 5.41) is 0. The van der Waals surface area contributed by atoms with E-state index >= 15 is 0 Å². The number of fused-ring (bicyclic) bond motifs is 10. The molecule has 2 aliphatic rings. The van der Waals surface area contributed by atoms with Crippen molar-refractivity contribution >= 4 is 0 Å². The molecular weight excluding hydrogens is 1520 g/mol. The van der Waals surface area contributed by atoms with Crippen LogP contribution in [0.4, 0.5) is 8.78 Å². The zero-order chi connectivity index (χ0) is 84.5. The summed E-state index contributed by atoms with van der Waals surface area (Å²) in [5.41, 5.74) is 41.4. The van der Waals surface area contributed by atoms with Crippen molar-refractivity contribution < 1.29 is 22.5 Å². The predicted molar refractivity (Wildman–Crippen MR) is 502 cm³/mol. The maximum Gasteiger partial charge on any atom is 0.239 e. The van der Waals surface area contributed by atoms with E-state index < -0.39 is 5.41 Å². The first-order valence-corrected chi connectivity index (χ1v) is 42.2. The summed E-state index contributed by atoms with van der Waals surface area (Å²) < 4.78 is 35.0. The third kappa shape index (κ3) is 14.8. The number of aryl methyl sites for hydroxylation is 5. The quantitative estimate of drug-likeness (QED) is 0.108. The normalized spacial score (nSPS) is 11.8. The Morgan fingerprint density at radius 1 is 0.218 bits per heavy atom. The number of hydrogen-bond donors (Lipinski definition) is 0. The molecule has 21 rings (SSSR count). The van der Waals surface area contributed by atoms with Crippen molar-refractivity contribution in [3.05, 3.63) is 469 Å². The second-order valence-electron chi connectivity index (χ2n) is 32.2. The Morgan fingerprint density at radius 3 is 1.06 bits per heavy atom. The minimum Gasteiger partial charge on any atom is -0.234 e. The molecule has 0 atom stereocenters. The molecule has 0 saturated heterocycles. The minimum absolute atomic E-state index is 0.285. The fourth-order valence-corrected chi connectivity index (χ4v) is 18.4. The van der Waals surface area contributed by atoms with Gasteiger partial charge in [0.05, 0.1) is 22.1 Å². The van der Waals surface area contributed by atoms with Gasteiger partial charge >= 0.3 is 0 Å². The Labute approximate surface area is 724 Å². The Kier molecular flexibility index (Phi) is 21.3. The SMILES string of the molecule is Cc1cc(-c2ccccc2)ccc1-c1c(-c2ccc(-c3ccccc3)cc2)nc(-c2ccccc2)c[n+]1C.Cc1cc(F)ccc1-c1c(-c2ccc(F)cc2)nc(-c2ccc3c(c2)C2(c4ccccc4-c4ccccc42)c2ccccc2-3)c(C)[n+]1C.Cc1ccc(-c2ccccc2)cc1-c1c(-c2cccc(-c3ccccc3)c2)nc(-c2ccccc2)c[n+]1C. The Balaban J connectivity index is 0.000000123. The molecule has 2 aliphatic carbocycles. The van der Waals surface area contributed by atoms with E-state index in [4.69, 9.17) is 15.0 Å². The second kappa shape index (κ2) is 33.7. The fourth-order valence-electron chi connectivity index (χ4n) is 18.4. The average Bonchev–Trinajstić information content (AvgIpc) is 1.50. The van der Waals surface area contributed by atoms with E-state index in [0.717, 1.165) is 95.8 Å². The highest BCUT2D eigenvalue weighted by atomic mass is 19.1. The van der Waals surface area contributed by atoms with Gasteiger partial charge in [0.2, 0.25) is 22.8 Å². The van der Waals surface area contributed by atoms with E-state index in [9.17, 15) is 8.78 Å². The highest BCUT2D eigenvalue weighted by Gasteiger charge is 2.52. The van der Waals surface area contributed by atoms with Gasteiger partial charge in [0.1, 0.15) is 66.9 Å². The van der Waals surface area contributed by atoms with E-state index in [-0.39, 0.29) is 11.6 Å². The molecule has 0 bridgehead atoms. The van der Waals surface area contributed by atoms with Gasteiger partial charge in [0.25, 0.3) is 0 Å². The van der Waals surface area contributed by atoms with Gasteiger partial charge in [-0.15, -0.1) is 0 Å². The van der Waals surface area contributed by atoms with Crippen molar-refractivity contribution in [1.29, 1.82) is 0 Å². The molecule has 0 N–H and O–H groups in total. The van der Waals surface area contributed by atoms with Gasteiger partial charge in [-0.2, -0.15) is 13.7 Å². The lowest BCUT2D eigenvalue weighted by Crippen LogP contribution is -2.37. The van der Waals surface area contributed by atoms with E-state index in [1.807, 2.05) is 26.1 Å².